The average molecular weight is 274 g/mol. The number of nitrogens with two attached hydrogens (primary N) is 1. The molecule has 0 fully saturated rings. The van der Waals surface area contributed by atoms with Crippen LogP contribution in [0.4, 0.5) is 21.7 Å². The minimum Gasteiger partial charge on any atom is -0.383 e. The fourth-order valence-electron chi connectivity index (χ4n) is 1.85. The Morgan fingerprint density at radius 1 is 1.25 bits per heavy atom. The number of nitrogen functional groups attached to an aromatic ring is 1. The fraction of sp³-hybridized carbons (Fsp3) is 0.333. The number of aromatic nitrogens is 2. The second-order valence-corrected chi connectivity index (χ2v) is 4.84. The van der Waals surface area contributed by atoms with E-state index < -0.39 is 0 Å². The maximum Gasteiger partial charge on any atom is 0.139 e. The van der Waals surface area contributed by atoms with Crippen LogP contribution in [0.15, 0.2) is 18.2 Å². The first-order chi connectivity index (χ1) is 9.51. The topological polar surface area (TPSA) is 63.8 Å². The summed E-state index contributed by atoms with van der Waals surface area (Å²) in [7, 11) is 0. The number of rotatable bonds is 4. The lowest BCUT2D eigenvalue weighted by Crippen LogP contribution is -2.07. The van der Waals surface area contributed by atoms with Crippen LogP contribution >= 0.6 is 0 Å². The summed E-state index contributed by atoms with van der Waals surface area (Å²) in [6, 6.07) is 4.99. The highest BCUT2D eigenvalue weighted by Gasteiger charge is 2.09. The Morgan fingerprint density at radius 2 is 2.00 bits per heavy atom. The Hall–Kier alpha value is -2.17. The molecule has 2 rings (SSSR count). The first kappa shape index (κ1) is 14.2. The quantitative estimate of drug-likeness (QED) is 0.895. The molecular formula is C15H19FN4. The molecule has 0 spiro atoms. The van der Waals surface area contributed by atoms with Gasteiger partial charge in [0.15, 0.2) is 0 Å². The summed E-state index contributed by atoms with van der Waals surface area (Å²) in [5, 5.41) is 3.11. The fourth-order valence-corrected chi connectivity index (χ4v) is 1.85. The van der Waals surface area contributed by atoms with Crippen molar-refractivity contribution in [3.63, 3.8) is 0 Å². The summed E-state index contributed by atoms with van der Waals surface area (Å²) in [5.41, 5.74) is 7.93. The molecular weight excluding hydrogens is 255 g/mol. The molecule has 0 radical (unpaired) electrons. The van der Waals surface area contributed by atoms with Crippen LogP contribution < -0.4 is 11.1 Å². The molecule has 0 atom stereocenters. The van der Waals surface area contributed by atoms with E-state index in [-0.39, 0.29) is 5.82 Å². The van der Waals surface area contributed by atoms with Gasteiger partial charge < -0.3 is 11.1 Å². The Labute approximate surface area is 118 Å². The number of halogens is 1. The van der Waals surface area contributed by atoms with Gasteiger partial charge in [0, 0.05) is 17.7 Å². The summed E-state index contributed by atoms with van der Waals surface area (Å²) in [6.45, 7) is 5.63. The summed E-state index contributed by atoms with van der Waals surface area (Å²) in [4.78, 5) is 8.69. The van der Waals surface area contributed by atoms with Crippen molar-refractivity contribution in [1.29, 1.82) is 0 Å². The van der Waals surface area contributed by atoms with Crippen molar-refractivity contribution < 1.29 is 4.39 Å². The Kier molecular flexibility index (Phi) is 4.17. The molecule has 1 heterocycles. The Morgan fingerprint density at radius 3 is 2.65 bits per heavy atom. The van der Waals surface area contributed by atoms with E-state index >= 15 is 0 Å². The average Bonchev–Trinajstić information content (AvgIpc) is 2.40. The molecule has 20 heavy (non-hydrogen) atoms. The van der Waals surface area contributed by atoms with Crippen molar-refractivity contribution in [2.75, 3.05) is 11.1 Å². The lowest BCUT2D eigenvalue weighted by atomic mass is 10.2. The molecule has 3 N–H and O–H groups in total. The third-order valence-corrected chi connectivity index (χ3v) is 3.14. The smallest absolute Gasteiger partial charge is 0.139 e. The Balaban J connectivity index is 2.34. The number of hydrogen-bond donors (Lipinski definition) is 2. The van der Waals surface area contributed by atoms with E-state index in [1.807, 2.05) is 13.0 Å². The standard InChI is InChI=1S/C15H19FN4/c1-4-5-13-19-14(17)10(3)15(20-13)18-11-7-6-9(2)12(16)8-11/h6-8H,4-5H2,1-3H3,(H3,17,18,19,20). The van der Waals surface area contributed by atoms with Gasteiger partial charge in [-0.25, -0.2) is 14.4 Å². The molecule has 106 valence electrons. The predicted molar refractivity (Wildman–Crippen MR) is 79.6 cm³/mol. The normalized spacial score (nSPS) is 10.6. The van der Waals surface area contributed by atoms with E-state index in [0.29, 0.717) is 28.7 Å². The van der Waals surface area contributed by atoms with Crippen LogP contribution in [0, 0.1) is 19.7 Å². The summed E-state index contributed by atoms with van der Waals surface area (Å²) >= 11 is 0. The van der Waals surface area contributed by atoms with E-state index in [9.17, 15) is 4.39 Å². The molecule has 1 aromatic heterocycles. The molecule has 0 bridgehead atoms. The lowest BCUT2D eigenvalue weighted by molar-refractivity contribution is 0.619. The molecule has 0 aliphatic carbocycles. The molecule has 0 saturated heterocycles. The zero-order valence-electron chi connectivity index (χ0n) is 12.0. The highest BCUT2D eigenvalue weighted by molar-refractivity contribution is 5.63. The molecule has 0 amide bonds. The summed E-state index contributed by atoms with van der Waals surface area (Å²) in [5.74, 6) is 1.54. The predicted octanol–water partition coefficient (Wildman–Crippen LogP) is 3.51. The third kappa shape index (κ3) is 3.04. The van der Waals surface area contributed by atoms with Crippen molar-refractivity contribution >= 4 is 17.3 Å². The van der Waals surface area contributed by atoms with Gasteiger partial charge in [-0.2, -0.15) is 0 Å². The summed E-state index contributed by atoms with van der Waals surface area (Å²) < 4.78 is 13.6. The minimum atomic E-state index is -0.247. The van der Waals surface area contributed by atoms with Crippen LogP contribution in [0.5, 0.6) is 0 Å². The van der Waals surface area contributed by atoms with Gasteiger partial charge >= 0.3 is 0 Å². The zero-order valence-corrected chi connectivity index (χ0v) is 12.0. The molecule has 0 saturated carbocycles. The van der Waals surface area contributed by atoms with E-state index in [0.717, 1.165) is 18.4 Å². The largest absolute Gasteiger partial charge is 0.383 e. The van der Waals surface area contributed by atoms with Crippen LogP contribution in [0.2, 0.25) is 0 Å². The number of aryl methyl sites for hydroxylation is 2. The first-order valence-electron chi connectivity index (χ1n) is 6.67. The van der Waals surface area contributed by atoms with Gasteiger partial charge in [-0.05, 0) is 38.0 Å². The molecule has 5 heteroatoms. The second-order valence-electron chi connectivity index (χ2n) is 4.84. The van der Waals surface area contributed by atoms with E-state index in [1.54, 1.807) is 13.0 Å². The van der Waals surface area contributed by atoms with Gasteiger partial charge in [-0.1, -0.05) is 13.0 Å². The van der Waals surface area contributed by atoms with Gasteiger partial charge in [0.05, 0.1) is 0 Å². The SMILES string of the molecule is CCCc1nc(N)c(C)c(Nc2ccc(C)c(F)c2)n1. The maximum absolute atomic E-state index is 13.6. The van der Waals surface area contributed by atoms with Crippen LogP contribution in [-0.4, -0.2) is 9.97 Å². The van der Waals surface area contributed by atoms with Gasteiger partial charge in [0.25, 0.3) is 0 Å². The zero-order chi connectivity index (χ0) is 14.7. The highest BCUT2D eigenvalue weighted by Crippen LogP contribution is 2.23. The number of hydrogen-bond acceptors (Lipinski definition) is 4. The number of nitrogens with one attached hydrogen (secondary N) is 1. The Bertz CT molecular complexity index is 626. The molecule has 4 nitrogen and oxygen atoms in total. The molecule has 1 aromatic carbocycles. The molecule has 0 aliphatic heterocycles. The van der Waals surface area contributed by atoms with Crippen LogP contribution in [-0.2, 0) is 6.42 Å². The van der Waals surface area contributed by atoms with Crippen molar-refractivity contribution in [3.8, 4) is 0 Å². The third-order valence-electron chi connectivity index (χ3n) is 3.14. The van der Waals surface area contributed by atoms with Crippen molar-refractivity contribution in [1.82, 2.24) is 9.97 Å². The van der Waals surface area contributed by atoms with Crippen molar-refractivity contribution in [3.05, 3.63) is 41.0 Å². The number of anilines is 3. The van der Waals surface area contributed by atoms with Gasteiger partial charge in [0.2, 0.25) is 0 Å². The van der Waals surface area contributed by atoms with Gasteiger partial charge in [-0.15, -0.1) is 0 Å². The van der Waals surface area contributed by atoms with Crippen molar-refractivity contribution in [2.45, 2.75) is 33.6 Å². The lowest BCUT2D eigenvalue weighted by Gasteiger charge is -2.12. The summed E-state index contributed by atoms with van der Waals surface area (Å²) in [6.07, 6.45) is 1.71. The van der Waals surface area contributed by atoms with Crippen LogP contribution in [0.1, 0.15) is 30.3 Å². The molecule has 0 unspecified atom stereocenters. The molecule has 0 aliphatic rings. The highest BCUT2D eigenvalue weighted by atomic mass is 19.1. The van der Waals surface area contributed by atoms with E-state index in [1.165, 1.54) is 6.07 Å². The van der Waals surface area contributed by atoms with E-state index in [2.05, 4.69) is 22.2 Å². The van der Waals surface area contributed by atoms with Gasteiger partial charge in [0.1, 0.15) is 23.3 Å². The minimum absolute atomic E-state index is 0.247. The molecule has 2 aromatic rings. The second kappa shape index (κ2) is 5.86. The van der Waals surface area contributed by atoms with E-state index in [4.69, 9.17) is 5.73 Å². The number of nitrogens with zero attached hydrogens (tertiary/aromatic N) is 2. The first-order valence-corrected chi connectivity index (χ1v) is 6.67. The number of benzene rings is 1. The van der Waals surface area contributed by atoms with Crippen LogP contribution in [0.3, 0.4) is 0 Å². The monoisotopic (exact) mass is 274 g/mol. The van der Waals surface area contributed by atoms with Gasteiger partial charge in [-0.3, -0.25) is 0 Å². The maximum atomic E-state index is 13.6. The van der Waals surface area contributed by atoms with Crippen LogP contribution in [0.25, 0.3) is 0 Å². The van der Waals surface area contributed by atoms with Crippen molar-refractivity contribution in [2.24, 2.45) is 0 Å².